The lowest BCUT2D eigenvalue weighted by molar-refractivity contribution is -0.659. The average Bonchev–Trinajstić information content (AvgIpc) is 2.73. The Morgan fingerprint density at radius 2 is 1.63 bits per heavy atom. The van der Waals surface area contributed by atoms with Gasteiger partial charge in [-0.05, 0) is 23.8 Å². The summed E-state index contributed by atoms with van der Waals surface area (Å²) in [7, 11) is 5.49. The van der Waals surface area contributed by atoms with E-state index in [0.717, 1.165) is 24.5 Å². The first-order chi connectivity index (χ1) is 13.2. The van der Waals surface area contributed by atoms with Crippen molar-refractivity contribution in [2.45, 2.75) is 12.5 Å². The molecule has 3 aromatic rings. The molecule has 4 rings (SSSR count). The van der Waals surface area contributed by atoms with E-state index >= 15 is 0 Å². The maximum atomic E-state index is 5.60. The van der Waals surface area contributed by atoms with E-state index in [4.69, 9.17) is 9.47 Å². The molecule has 0 bridgehead atoms. The second-order valence-electron chi connectivity index (χ2n) is 6.83. The minimum absolute atomic E-state index is 0.128. The van der Waals surface area contributed by atoms with Gasteiger partial charge >= 0.3 is 0 Å². The molecule has 2 aromatic carbocycles. The van der Waals surface area contributed by atoms with Crippen LogP contribution in [0.5, 0.6) is 11.5 Å². The zero-order valence-electron chi connectivity index (χ0n) is 16.1. The zero-order chi connectivity index (χ0) is 18.8. The largest absolute Gasteiger partial charge is 0.493 e. The van der Waals surface area contributed by atoms with Gasteiger partial charge in [-0.15, -0.1) is 0 Å². The predicted octanol–water partition coefficient (Wildman–Crippen LogP) is 3.68. The van der Waals surface area contributed by atoms with Crippen LogP contribution >= 0.6 is 0 Å². The summed E-state index contributed by atoms with van der Waals surface area (Å²) in [5, 5.41) is 0. The highest BCUT2D eigenvalue weighted by Crippen LogP contribution is 2.41. The monoisotopic (exact) mass is 361 g/mol. The number of aromatic nitrogens is 1. The first kappa shape index (κ1) is 17.4. The maximum Gasteiger partial charge on any atom is 0.277 e. The zero-order valence-corrected chi connectivity index (χ0v) is 16.1. The molecule has 0 amide bonds. The fourth-order valence-corrected chi connectivity index (χ4v) is 4.00. The van der Waals surface area contributed by atoms with Crippen LogP contribution in [0.2, 0.25) is 0 Å². The summed E-state index contributed by atoms with van der Waals surface area (Å²) >= 11 is 0. The molecule has 2 heterocycles. The van der Waals surface area contributed by atoms with Crippen molar-refractivity contribution in [1.82, 2.24) is 0 Å². The molecular formula is C23H25N2O2+. The third-order valence-corrected chi connectivity index (χ3v) is 5.31. The molecule has 0 radical (unpaired) electrons. The van der Waals surface area contributed by atoms with Crippen molar-refractivity contribution in [2.75, 3.05) is 25.7 Å². The Balaban J connectivity index is 1.90. The molecule has 0 fully saturated rings. The second-order valence-corrected chi connectivity index (χ2v) is 6.83. The molecule has 0 aliphatic carbocycles. The molecule has 0 saturated heterocycles. The number of nitrogens with zero attached hydrogens (tertiary/aromatic N) is 2. The second kappa shape index (κ2) is 7.31. The number of ether oxygens (including phenoxy) is 2. The van der Waals surface area contributed by atoms with Crippen molar-refractivity contribution < 1.29 is 14.0 Å². The van der Waals surface area contributed by atoms with E-state index in [2.05, 4.69) is 83.4 Å². The molecule has 1 aliphatic rings. The third-order valence-electron chi connectivity index (χ3n) is 5.31. The summed E-state index contributed by atoms with van der Waals surface area (Å²) in [5.74, 6) is 2.77. The molecule has 4 nitrogen and oxygen atoms in total. The van der Waals surface area contributed by atoms with Gasteiger partial charge in [-0.3, -0.25) is 4.90 Å². The fraction of sp³-hybridized carbons (Fsp3) is 0.261. The van der Waals surface area contributed by atoms with Crippen LogP contribution in [0.4, 0.5) is 5.82 Å². The lowest BCUT2D eigenvalue weighted by Crippen LogP contribution is -2.44. The predicted molar refractivity (Wildman–Crippen MR) is 106 cm³/mol. The molecule has 4 heteroatoms. The first-order valence-electron chi connectivity index (χ1n) is 9.24. The van der Waals surface area contributed by atoms with Gasteiger partial charge in [-0.1, -0.05) is 36.4 Å². The number of pyridine rings is 1. The summed E-state index contributed by atoms with van der Waals surface area (Å²) in [6, 6.07) is 21.4. The molecule has 138 valence electrons. The minimum atomic E-state index is 0.128. The SMILES string of the molecule is COc1cc2c(cc1OC)C(c1ccccc1)N(c1cccc[n+]1C)CC2. The summed E-state index contributed by atoms with van der Waals surface area (Å²) < 4.78 is 13.3. The lowest BCUT2D eigenvalue weighted by atomic mass is 9.87. The van der Waals surface area contributed by atoms with Crippen molar-refractivity contribution >= 4 is 5.82 Å². The topological polar surface area (TPSA) is 25.6 Å². The number of anilines is 1. The molecule has 1 aromatic heterocycles. The van der Waals surface area contributed by atoms with Crippen LogP contribution in [-0.4, -0.2) is 20.8 Å². The van der Waals surface area contributed by atoms with Gasteiger partial charge in [0.1, 0.15) is 6.04 Å². The molecule has 1 atom stereocenters. The number of benzene rings is 2. The highest BCUT2D eigenvalue weighted by molar-refractivity contribution is 5.56. The van der Waals surface area contributed by atoms with Gasteiger partial charge in [-0.2, -0.15) is 0 Å². The lowest BCUT2D eigenvalue weighted by Gasteiger charge is -2.34. The third kappa shape index (κ3) is 3.12. The van der Waals surface area contributed by atoms with E-state index in [1.165, 1.54) is 22.5 Å². The van der Waals surface area contributed by atoms with Crippen LogP contribution in [0.1, 0.15) is 22.7 Å². The van der Waals surface area contributed by atoms with Crippen LogP contribution in [-0.2, 0) is 13.5 Å². The summed E-state index contributed by atoms with van der Waals surface area (Å²) in [4.78, 5) is 2.48. The van der Waals surface area contributed by atoms with Crippen molar-refractivity contribution in [3.05, 3.63) is 83.6 Å². The number of hydrogen-bond donors (Lipinski definition) is 0. The number of fused-ring (bicyclic) bond motifs is 1. The van der Waals surface area contributed by atoms with Gasteiger partial charge < -0.3 is 9.47 Å². The highest BCUT2D eigenvalue weighted by atomic mass is 16.5. The molecule has 27 heavy (non-hydrogen) atoms. The minimum Gasteiger partial charge on any atom is -0.493 e. The maximum absolute atomic E-state index is 5.60. The Labute approximate surface area is 160 Å². The van der Waals surface area contributed by atoms with Gasteiger partial charge in [0.2, 0.25) is 0 Å². The smallest absolute Gasteiger partial charge is 0.277 e. The van der Waals surface area contributed by atoms with Crippen molar-refractivity contribution in [1.29, 1.82) is 0 Å². The quantitative estimate of drug-likeness (QED) is 0.663. The first-order valence-corrected chi connectivity index (χ1v) is 9.24. The number of hydrogen-bond acceptors (Lipinski definition) is 3. The Hall–Kier alpha value is -3.01. The standard InChI is InChI=1S/C23H25N2O2/c1-24-13-8-7-11-22(24)25-14-12-18-15-20(26-2)21(27-3)16-19(18)23(25)17-9-5-4-6-10-17/h4-11,13,15-16,23H,12,14H2,1-3H3/q+1. The molecule has 0 N–H and O–H groups in total. The van der Waals surface area contributed by atoms with Crippen molar-refractivity contribution in [2.24, 2.45) is 7.05 Å². The van der Waals surface area contributed by atoms with E-state index in [9.17, 15) is 0 Å². The van der Waals surface area contributed by atoms with E-state index in [0.29, 0.717) is 0 Å². The Bertz CT molecular complexity index is 940. The normalized spacial score (nSPS) is 16.0. The van der Waals surface area contributed by atoms with Crippen molar-refractivity contribution in [3.63, 3.8) is 0 Å². The average molecular weight is 361 g/mol. The van der Waals surface area contributed by atoms with Gasteiger partial charge in [0.15, 0.2) is 11.5 Å². The van der Waals surface area contributed by atoms with Crippen LogP contribution in [0.25, 0.3) is 0 Å². The highest BCUT2D eigenvalue weighted by Gasteiger charge is 2.36. The Morgan fingerprint density at radius 1 is 0.926 bits per heavy atom. The van der Waals surface area contributed by atoms with Gasteiger partial charge in [0.05, 0.1) is 34.0 Å². The number of rotatable bonds is 4. The van der Waals surface area contributed by atoms with Gasteiger partial charge in [0, 0.05) is 23.6 Å². The van der Waals surface area contributed by atoms with E-state index in [1.54, 1.807) is 14.2 Å². The summed E-state index contributed by atoms with van der Waals surface area (Å²) in [5.41, 5.74) is 3.86. The Kier molecular flexibility index (Phi) is 4.71. The summed E-state index contributed by atoms with van der Waals surface area (Å²) in [6.07, 6.45) is 3.06. The van der Waals surface area contributed by atoms with E-state index < -0.39 is 0 Å². The molecule has 1 unspecified atom stereocenters. The van der Waals surface area contributed by atoms with Crippen LogP contribution in [0, 0.1) is 0 Å². The molecule has 0 spiro atoms. The Morgan fingerprint density at radius 3 is 2.33 bits per heavy atom. The van der Waals surface area contributed by atoms with Gasteiger partial charge in [0.25, 0.3) is 5.82 Å². The van der Waals surface area contributed by atoms with Crippen LogP contribution in [0.3, 0.4) is 0 Å². The van der Waals surface area contributed by atoms with Crippen molar-refractivity contribution in [3.8, 4) is 11.5 Å². The fourth-order valence-electron chi connectivity index (χ4n) is 4.00. The number of methoxy groups -OCH3 is 2. The molecule has 1 aliphatic heterocycles. The molecule has 0 saturated carbocycles. The van der Waals surface area contributed by atoms with E-state index in [-0.39, 0.29) is 6.04 Å². The van der Waals surface area contributed by atoms with Gasteiger partial charge in [-0.25, -0.2) is 4.57 Å². The van der Waals surface area contributed by atoms with Crippen LogP contribution < -0.4 is 18.9 Å². The number of aryl methyl sites for hydroxylation is 1. The molecular weight excluding hydrogens is 336 g/mol. The van der Waals surface area contributed by atoms with Crippen LogP contribution in [0.15, 0.2) is 66.9 Å². The van der Waals surface area contributed by atoms with E-state index in [1.807, 2.05) is 0 Å². The summed E-state index contributed by atoms with van der Waals surface area (Å²) in [6.45, 7) is 0.944.